The van der Waals surface area contributed by atoms with E-state index in [-0.39, 0.29) is 0 Å². The maximum Gasteiger partial charge on any atom is 0.000662 e. The summed E-state index contributed by atoms with van der Waals surface area (Å²) in [6, 6.07) is 0. The molecule has 2 atom stereocenters. The van der Waals surface area contributed by atoms with Gasteiger partial charge in [0, 0.05) is 13.1 Å². The highest BCUT2D eigenvalue weighted by Crippen LogP contribution is 2.17. The van der Waals surface area contributed by atoms with E-state index in [1.807, 2.05) is 0 Å². The second-order valence-corrected chi connectivity index (χ2v) is 6.05. The summed E-state index contributed by atoms with van der Waals surface area (Å²) in [4.78, 5) is 2.59. The Balaban J connectivity index is 3.92. The fraction of sp³-hybridized carbons (Fsp3) is 1.00. The summed E-state index contributed by atoms with van der Waals surface area (Å²) in [6.45, 7) is 11.9. The Morgan fingerprint density at radius 3 is 1.39 bits per heavy atom. The first-order chi connectivity index (χ1) is 8.67. The molecule has 1 heteroatoms. The highest BCUT2D eigenvalue weighted by atomic mass is 15.1. The van der Waals surface area contributed by atoms with Crippen molar-refractivity contribution in [1.29, 1.82) is 0 Å². The first-order valence-corrected chi connectivity index (χ1v) is 8.36. The van der Waals surface area contributed by atoms with Crippen LogP contribution >= 0.6 is 0 Å². The van der Waals surface area contributed by atoms with Crippen LogP contribution in [0.1, 0.15) is 79.1 Å². The minimum Gasteiger partial charge on any atom is -0.306 e. The summed E-state index contributed by atoms with van der Waals surface area (Å²) in [6.07, 6.45) is 11.0. The molecule has 0 N–H and O–H groups in total. The first kappa shape index (κ1) is 18.0. The van der Waals surface area contributed by atoms with E-state index in [4.69, 9.17) is 0 Å². The van der Waals surface area contributed by atoms with Crippen LogP contribution in [-0.4, -0.2) is 25.0 Å². The van der Waals surface area contributed by atoms with Crippen molar-refractivity contribution in [2.24, 2.45) is 11.8 Å². The summed E-state index contributed by atoms with van der Waals surface area (Å²) in [5, 5.41) is 0. The Labute approximate surface area is 116 Å². The molecule has 0 aliphatic carbocycles. The zero-order valence-corrected chi connectivity index (χ0v) is 13.7. The molecule has 110 valence electrons. The minimum atomic E-state index is 0.915. The normalized spacial score (nSPS) is 15.0. The molecular formula is C17H37N. The van der Waals surface area contributed by atoms with Crippen LogP contribution in [0.15, 0.2) is 0 Å². The first-order valence-electron chi connectivity index (χ1n) is 8.36. The summed E-state index contributed by atoms with van der Waals surface area (Å²) < 4.78 is 0. The van der Waals surface area contributed by atoms with Crippen LogP contribution in [-0.2, 0) is 0 Å². The van der Waals surface area contributed by atoms with E-state index in [1.54, 1.807) is 0 Å². The molecule has 0 fully saturated rings. The van der Waals surface area contributed by atoms with Crippen LogP contribution < -0.4 is 0 Å². The van der Waals surface area contributed by atoms with Crippen molar-refractivity contribution >= 4 is 0 Å². The second-order valence-electron chi connectivity index (χ2n) is 6.05. The Hall–Kier alpha value is -0.0400. The standard InChI is InChI=1S/C17H37N/c1-6-10-12-16(8-3)14-18(5)15-17(9-4)13-11-7-2/h16-17H,6-15H2,1-5H3. The van der Waals surface area contributed by atoms with Crippen LogP contribution in [0.4, 0.5) is 0 Å². The van der Waals surface area contributed by atoms with Gasteiger partial charge in [-0.15, -0.1) is 0 Å². The van der Waals surface area contributed by atoms with Gasteiger partial charge in [-0.05, 0) is 31.7 Å². The third kappa shape index (κ3) is 8.97. The van der Waals surface area contributed by atoms with Gasteiger partial charge in [-0.25, -0.2) is 0 Å². The lowest BCUT2D eigenvalue weighted by Crippen LogP contribution is -2.30. The van der Waals surface area contributed by atoms with Gasteiger partial charge in [-0.3, -0.25) is 0 Å². The molecule has 0 aliphatic heterocycles. The predicted molar refractivity (Wildman–Crippen MR) is 84.1 cm³/mol. The van der Waals surface area contributed by atoms with Gasteiger partial charge in [0.1, 0.15) is 0 Å². The molecule has 1 nitrogen and oxygen atoms in total. The van der Waals surface area contributed by atoms with Gasteiger partial charge in [0.15, 0.2) is 0 Å². The summed E-state index contributed by atoms with van der Waals surface area (Å²) >= 11 is 0. The Bertz CT molecular complexity index is 149. The van der Waals surface area contributed by atoms with E-state index in [9.17, 15) is 0 Å². The SMILES string of the molecule is CCCCC(CC)CN(C)CC(CC)CCCC. The zero-order valence-electron chi connectivity index (χ0n) is 13.7. The van der Waals surface area contributed by atoms with E-state index in [0.29, 0.717) is 0 Å². The van der Waals surface area contributed by atoms with E-state index < -0.39 is 0 Å². The van der Waals surface area contributed by atoms with Gasteiger partial charge < -0.3 is 4.90 Å². The molecule has 0 rings (SSSR count). The number of hydrogen-bond donors (Lipinski definition) is 0. The molecule has 0 saturated carbocycles. The van der Waals surface area contributed by atoms with Crippen molar-refractivity contribution in [2.75, 3.05) is 20.1 Å². The quantitative estimate of drug-likeness (QED) is 0.454. The fourth-order valence-corrected chi connectivity index (χ4v) is 2.79. The van der Waals surface area contributed by atoms with Gasteiger partial charge in [-0.1, -0.05) is 66.2 Å². The molecule has 0 heterocycles. The number of nitrogens with zero attached hydrogens (tertiary/aromatic N) is 1. The fourth-order valence-electron chi connectivity index (χ4n) is 2.79. The molecule has 0 aromatic heterocycles. The molecule has 18 heavy (non-hydrogen) atoms. The molecule has 0 bridgehead atoms. The van der Waals surface area contributed by atoms with Gasteiger partial charge in [0.2, 0.25) is 0 Å². The van der Waals surface area contributed by atoms with E-state index >= 15 is 0 Å². The molecule has 0 amide bonds. The third-order valence-corrected chi connectivity index (χ3v) is 4.23. The maximum absolute atomic E-state index is 2.59. The summed E-state index contributed by atoms with van der Waals surface area (Å²) in [7, 11) is 2.32. The van der Waals surface area contributed by atoms with Gasteiger partial charge >= 0.3 is 0 Å². The topological polar surface area (TPSA) is 3.24 Å². The van der Waals surface area contributed by atoms with E-state index in [2.05, 4.69) is 39.6 Å². The van der Waals surface area contributed by atoms with Crippen molar-refractivity contribution in [3.05, 3.63) is 0 Å². The Morgan fingerprint density at radius 1 is 0.722 bits per heavy atom. The van der Waals surface area contributed by atoms with Crippen LogP contribution in [0.25, 0.3) is 0 Å². The molecule has 0 saturated heterocycles. The van der Waals surface area contributed by atoms with Crippen LogP contribution in [0, 0.1) is 11.8 Å². The molecule has 0 aliphatic rings. The van der Waals surface area contributed by atoms with Gasteiger partial charge in [0.05, 0.1) is 0 Å². The van der Waals surface area contributed by atoms with Crippen molar-refractivity contribution in [2.45, 2.75) is 79.1 Å². The number of unbranched alkanes of at least 4 members (excludes halogenated alkanes) is 2. The molecule has 0 aromatic carbocycles. The van der Waals surface area contributed by atoms with E-state index in [1.165, 1.54) is 64.5 Å². The highest BCUT2D eigenvalue weighted by Gasteiger charge is 2.13. The average Bonchev–Trinajstić information content (AvgIpc) is 2.39. The molecule has 0 radical (unpaired) electrons. The lowest BCUT2D eigenvalue weighted by molar-refractivity contribution is 0.216. The molecular weight excluding hydrogens is 218 g/mol. The number of rotatable bonds is 12. The average molecular weight is 255 g/mol. The van der Waals surface area contributed by atoms with Gasteiger partial charge in [-0.2, -0.15) is 0 Å². The van der Waals surface area contributed by atoms with Crippen molar-refractivity contribution < 1.29 is 0 Å². The van der Waals surface area contributed by atoms with Crippen LogP contribution in [0.5, 0.6) is 0 Å². The third-order valence-electron chi connectivity index (χ3n) is 4.23. The molecule has 0 aromatic rings. The predicted octanol–water partition coefficient (Wildman–Crippen LogP) is 5.35. The second kappa shape index (κ2) is 12.0. The lowest BCUT2D eigenvalue weighted by atomic mass is 9.96. The zero-order chi connectivity index (χ0) is 13.8. The summed E-state index contributed by atoms with van der Waals surface area (Å²) in [5.41, 5.74) is 0. The van der Waals surface area contributed by atoms with Gasteiger partial charge in [0.25, 0.3) is 0 Å². The monoisotopic (exact) mass is 255 g/mol. The highest BCUT2D eigenvalue weighted by molar-refractivity contribution is 4.67. The van der Waals surface area contributed by atoms with Crippen LogP contribution in [0.2, 0.25) is 0 Å². The smallest absolute Gasteiger partial charge is 0.000662 e. The van der Waals surface area contributed by atoms with E-state index in [0.717, 1.165) is 11.8 Å². The summed E-state index contributed by atoms with van der Waals surface area (Å²) in [5.74, 6) is 1.83. The minimum absolute atomic E-state index is 0.915. The Kier molecular flexibility index (Phi) is 12.0. The van der Waals surface area contributed by atoms with Crippen molar-refractivity contribution in [3.63, 3.8) is 0 Å². The lowest BCUT2D eigenvalue weighted by Gasteiger charge is -2.27. The van der Waals surface area contributed by atoms with Crippen molar-refractivity contribution in [1.82, 2.24) is 4.90 Å². The Morgan fingerprint density at radius 2 is 1.11 bits per heavy atom. The van der Waals surface area contributed by atoms with Crippen LogP contribution in [0.3, 0.4) is 0 Å². The molecule has 0 spiro atoms. The largest absolute Gasteiger partial charge is 0.306 e. The van der Waals surface area contributed by atoms with Crippen molar-refractivity contribution in [3.8, 4) is 0 Å². The number of hydrogen-bond acceptors (Lipinski definition) is 1. The maximum atomic E-state index is 2.59. The molecule has 2 unspecified atom stereocenters.